The molecule has 0 aliphatic carbocycles. The first-order valence-corrected chi connectivity index (χ1v) is 8.64. The summed E-state index contributed by atoms with van der Waals surface area (Å²) in [4.78, 5) is 20.6. The molecule has 9 heteroatoms. The van der Waals surface area contributed by atoms with Crippen molar-refractivity contribution in [2.24, 2.45) is 0 Å². The Labute approximate surface area is 168 Å². The summed E-state index contributed by atoms with van der Waals surface area (Å²) in [5.74, 6) is 5.20. The summed E-state index contributed by atoms with van der Waals surface area (Å²) in [6.07, 6.45) is 1.48. The Morgan fingerprint density at radius 3 is 2.73 bits per heavy atom. The molecule has 4 rings (SSSR count). The number of carbonyl (C=O) groups excluding carboxylic acids is 1. The molecule has 6 nitrogen and oxygen atoms in total. The highest BCUT2D eigenvalue weighted by molar-refractivity contribution is 6.04. The Balaban J connectivity index is 1.55. The fraction of sp³-hybridized carbons (Fsp3) is 0.0476. The Morgan fingerprint density at radius 1 is 1.03 bits per heavy atom. The van der Waals surface area contributed by atoms with Crippen LogP contribution in [0.1, 0.15) is 27.2 Å². The van der Waals surface area contributed by atoms with Gasteiger partial charge in [0.1, 0.15) is 5.69 Å². The van der Waals surface area contributed by atoms with Gasteiger partial charge in [-0.05, 0) is 42.3 Å². The van der Waals surface area contributed by atoms with Crippen LogP contribution in [0.25, 0.3) is 5.65 Å². The second-order valence-electron chi connectivity index (χ2n) is 6.18. The summed E-state index contributed by atoms with van der Waals surface area (Å²) in [7, 11) is 0. The molecule has 0 radical (unpaired) electrons. The Hall–Kier alpha value is -4.19. The van der Waals surface area contributed by atoms with Crippen molar-refractivity contribution < 1.29 is 18.0 Å². The van der Waals surface area contributed by atoms with Gasteiger partial charge < -0.3 is 5.32 Å². The first-order valence-electron chi connectivity index (χ1n) is 8.64. The lowest BCUT2D eigenvalue weighted by atomic mass is 10.1. The number of imidazole rings is 1. The lowest BCUT2D eigenvalue weighted by Crippen LogP contribution is -2.13. The van der Waals surface area contributed by atoms with Crippen LogP contribution >= 0.6 is 0 Å². The zero-order valence-electron chi connectivity index (χ0n) is 15.2. The van der Waals surface area contributed by atoms with E-state index in [1.165, 1.54) is 30.6 Å². The lowest BCUT2D eigenvalue weighted by Gasteiger charge is -2.10. The molecule has 0 saturated carbocycles. The van der Waals surface area contributed by atoms with E-state index >= 15 is 0 Å². The molecule has 0 aliphatic heterocycles. The second kappa shape index (κ2) is 7.67. The fourth-order valence-corrected chi connectivity index (χ4v) is 2.66. The van der Waals surface area contributed by atoms with E-state index in [4.69, 9.17) is 0 Å². The zero-order chi connectivity index (χ0) is 21.1. The number of fused-ring (bicyclic) bond motifs is 1. The third-order valence-electron chi connectivity index (χ3n) is 4.06. The van der Waals surface area contributed by atoms with Crippen LogP contribution in [0.4, 0.5) is 18.9 Å². The minimum atomic E-state index is -4.50. The third kappa shape index (κ3) is 4.12. The maximum absolute atomic E-state index is 12.8. The number of hydrogen-bond acceptors (Lipinski definition) is 4. The summed E-state index contributed by atoms with van der Waals surface area (Å²) >= 11 is 0. The summed E-state index contributed by atoms with van der Waals surface area (Å²) in [5.41, 5.74) is 1.01. The van der Waals surface area contributed by atoms with Crippen LogP contribution in [0.3, 0.4) is 0 Å². The highest BCUT2D eigenvalue weighted by Crippen LogP contribution is 2.30. The quantitative estimate of drug-likeness (QED) is 0.513. The highest BCUT2D eigenvalue weighted by atomic mass is 19.4. The average Bonchev–Trinajstić information content (AvgIpc) is 3.15. The molecule has 4 aromatic rings. The summed E-state index contributed by atoms with van der Waals surface area (Å²) in [6, 6.07) is 9.45. The molecule has 148 valence electrons. The zero-order valence-corrected chi connectivity index (χ0v) is 15.2. The van der Waals surface area contributed by atoms with E-state index < -0.39 is 17.6 Å². The number of pyridine rings is 1. The van der Waals surface area contributed by atoms with Crippen molar-refractivity contribution in [2.45, 2.75) is 6.18 Å². The standard InChI is InChI=1S/C21H12F3N5O/c22-21(23,24)16-3-1-4-17(10-16)28-20(30)15-9-14(11-25-12-15)6-7-18-13-26-19-5-2-8-27-29(18)19/h1-5,8-13H,(H,28,30). The van der Waals surface area contributed by atoms with Crippen molar-refractivity contribution in [1.82, 2.24) is 19.6 Å². The number of nitrogens with zero attached hydrogens (tertiary/aromatic N) is 4. The smallest absolute Gasteiger partial charge is 0.322 e. The van der Waals surface area contributed by atoms with Crippen molar-refractivity contribution in [3.63, 3.8) is 0 Å². The molecule has 1 N–H and O–H groups in total. The topological polar surface area (TPSA) is 72.2 Å². The molecule has 3 aromatic heterocycles. The Kier molecular flexibility index (Phi) is 4.90. The normalized spacial score (nSPS) is 11.0. The van der Waals surface area contributed by atoms with Gasteiger partial charge in [0.15, 0.2) is 5.65 Å². The molecule has 3 heterocycles. The molecule has 0 bridgehead atoms. The monoisotopic (exact) mass is 407 g/mol. The highest BCUT2D eigenvalue weighted by Gasteiger charge is 2.30. The number of hydrogen-bond donors (Lipinski definition) is 1. The number of alkyl halides is 3. The van der Waals surface area contributed by atoms with E-state index in [-0.39, 0.29) is 11.3 Å². The van der Waals surface area contributed by atoms with Crippen LogP contribution in [0.5, 0.6) is 0 Å². The van der Waals surface area contributed by atoms with Crippen LogP contribution in [-0.2, 0) is 6.18 Å². The molecule has 1 aromatic carbocycles. The number of halogens is 3. The molecule has 0 aliphatic rings. The van der Waals surface area contributed by atoms with Gasteiger partial charge in [-0.1, -0.05) is 12.0 Å². The number of aromatic nitrogens is 4. The number of nitrogens with one attached hydrogen (secondary N) is 1. The van der Waals surface area contributed by atoms with Gasteiger partial charge in [0, 0.05) is 29.8 Å². The van der Waals surface area contributed by atoms with Gasteiger partial charge in [-0.15, -0.1) is 0 Å². The lowest BCUT2D eigenvalue weighted by molar-refractivity contribution is -0.137. The van der Waals surface area contributed by atoms with Gasteiger partial charge in [-0.3, -0.25) is 9.78 Å². The average molecular weight is 407 g/mol. The summed E-state index contributed by atoms with van der Waals surface area (Å²) in [5, 5.41) is 6.60. The number of rotatable bonds is 2. The van der Waals surface area contributed by atoms with Crippen molar-refractivity contribution in [3.05, 3.63) is 89.6 Å². The molecule has 0 unspecified atom stereocenters. The van der Waals surface area contributed by atoms with Gasteiger partial charge in [0.05, 0.1) is 17.3 Å². The van der Waals surface area contributed by atoms with Crippen LogP contribution in [0, 0.1) is 11.8 Å². The maximum atomic E-state index is 12.8. The summed E-state index contributed by atoms with van der Waals surface area (Å²) < 4.78 is 40.1. The molecule has 0 spiro atoms. The number of anilines is 1. The van der Waals surface area contributed by atoms with Crippen molar-refractivity contribution >= 4 is 17.2 Å². The maximum Gasteiger partial charge on any atom is 0.416 e. The van der Waals surface area contributed by atoms with Gasteiger partial charge in [0.25, 0.3) is 5.91 Å². The van der Waals surface area contributed by atoms with E-state index in [0.717, 1.165) is 12.1 Å². The minimum Gasteiger partial charge on any atom is -0.322 e. The van der Waals surface area contributed by atoms with Crippen LogP contribution in [-0.4, -0.2) is 25.5 Å². The molecule has 0 saturated heterocycles. The molecule has 0 atom stereocenters. The molecular weight excluding hydrogens is 395 g/mol. The molecule has 1 amide bonds. The van der Waals surface area contributed by atoms with Crippen LogP contribution in [0.15, 0.2) is 67.3 Å². The van der Waals surface area contributed by atoms with Gasteiger partial charge >= 0.3 is 6.18 Å². The molecule has 30 heavy (non-hydrogen) atoms. The predicted octanol–water partition coefficient (Wildman–Crippen LogP) is 3.80. The van der Waals surface area contributed by atoms with Crippen molar-refractivity contribution in [2.75, 3.05) is 5.32 Å². The van der Waals surface area contributed by atoms with Crippen LogP contribution in [0.2, 0.25) is 0 Å². The fourth-order valence-electron chi connectivity index (χ4n) is 2.66. The first kappa shape index (κ1) is 19.1. The minimum absolute atomic E-state index is 0.0307. The van der Waals surface area contributed by atoms with E-state index in [0.29, 0.717) is 16.9 Å². The van der Waals surface area contributed by atoms with Gasteiger partial charge in [-0.2, -0.15) is 18.3 Å². The van der Waals surface area contributed by atoms with Gasteiger partial charge in [-0.25, -0.2) is 9.50 Å². The van der Waals surface area contributed by atoms with Crippen molar-refractivity contribution in [1.29, 1.82) is 0 Å². The largest absolute Gasteiger partial charge is 0.416 e. The summed E-state index contributed by atoms with van der Waals surface area (Å²) in [6.45, 7) is 0. The second-order valence-corrected chi connectivity index (χ2v) is 6.18. The predicted molar refractivity (Wildman–Crippen MR) is 103 cm³/mol. The SMILES string of the molecule is O=C(Nc1cccc(C(F)(F)F)c1)c1cncc(C#Cc2cnc3cccnn23)c1. The molecular formula is C21H12F3N5O. The van der Waals surface area contributed by atoms with Crippen molar-refractivity contribution in [3.8, 4) is 11.8 Å². The number of carbonyl (C=O) groups is 1. The van der Waals surface area contributed by atoms with Gasteiger partial charge in [0.2, 0.25) is 0 Å². The number of amides is 1. The first-order chi connectivity index (χ1) is 14.4. The van der Waals surface area contributed by atoms with E-state index in [2.05, 4.69) is 32.2 Å². The van der Waals surface area contributed by atoms with E-state index in [1.807, 2.05) is 0 Å². The van der Waals surface area contributed by atoms with Crippen LogP contribution < -0.4 is 5.32 Å². The third-order valence-corrected chi connectivity index (χ3v) is 4.06. The Bertz CT molecular complexity index is 1300. The van der Waals surface area contributed by atoms with E-state index in [9.17, 15) is 18.0 Å². The Morgan fingerprint density at radius 2 is 1.90 bits per heavy atom. The number of benzene rings is 1. The van der Waals surface area contributed by atoms with E-state index in [1.54, 1.807) is 29.0 Å². The molecule has 0 fully saturated rings.